The van der Waals surface area contributed by atoms with Crippen molar-refractivity contribution in [1.29, 1.82) is 0 Å². The Hall–Kier alpha value is -0.900. The van der Waals surface area contributed by atoms with Crippen molar-refractivity contribution < 1.29 is 5.21 Å². The van der Waals surface area contributed by atoms with Gasteiger partial charge in [-0.25, -0.2) is 4.98 Å². The average molecular weight is 128 g/mol. The molecule has 0 unspecified atom stereocenters. The predicted molar refractivity (Wildman–Crippen MR) is 31.5 cm³/mol. The number of nitrogens with zero attached hydrogens (tertiary/aromatic N) is 2. The van der Waals surface area contributed by atoms with E-state index in [9.17, 15) is 0 Å². The van der Waals surface area contributed by atoms with E-state index in [2.05, 4.69) is 10.1 Å². The Morgan fingerprint density at radius 3 is 3.25 bits per heavy atom. The molecule has 0 aromatic carbocycles. The fourth-order valence-electron chi connectivity index (χ4n) is 0.345. The molecule has 0 fully saturated rings. The molecule has 0 aliphatic heterocycles. The van der Waals surface area contributed by atoms with Gasteiger partial charge in [0.15, 0.2) is 0 Å². The number of thiazole rings is 1. The minimum absolute atomic E-state index is 0.692. The molecular formula is C4H4N2OS. The molecule has 0 aliphatic rings. The molecule has 1 aromatic rings. The standard InChI is InChI=1S/C4H4N2OS/c7-6-1-4-2-8-3-5-4/h1-3,7H. The quantitative estimate of drug-likeness (QED) is 0.347. The van der Waals surface area contributed by atoms with Crippen LogP contribution in [0.3, 0.4) is 0 Å². The van der Waals surface area contributed by atoms with Crippen LogP contribution in [0.4, 0.5) is 0 Å². The Bertz CT molecular complexity index is 170. The van der Waals surface area contributed by atoms with E-state index in [1.54, 1.807) is 10.9 Å². The molecule has 0 radical (unpaired) electrons. The third kappa shape index (κ3) is 1.04. The molecule has 0 bridgehead atoms. The molecule has 0 atom stereocenters. The van der Waals surface area contributed by atoms with E-state index in [1.165, 1.54) is 17.6 Å². The number of hydrogen-bond acceptors (Lipinski definition) is 4. The van der Waals surface area contributed by atoms with Crippen molar-refractivity contribution in [3.05, 3.63) is 16.6 Å². The second kappa shape index (κ2) is 2.42. The summed E-state index contributed by atoms with van der Waals surface area (Å²) < 4.78 is 0. The van der Waals surface area contributed by atoms with Gasteiger partial charge in [0.25, 0.3) is 0 Å². The van der Waals surface area contributed by atoms with Crippen molar-refractivity contribution in [2.24, 2.45) is 5.16 Å². The van der Waals surface area contributed by atoms with Gasteiger partial charge in [-0.3, -0.25) is 0 Å². The zero-order valence-corrected chi connectivity index (χ0v) is 4.80. The first kappa shape index (κ1) is 5.24. The van der Waals surface area contributed by atoms with E-state index in [0.717, 1.165) is 0 Å². The van der Waals surface area contributed by atoms with Crippen molar-refractivity contribution in [3.8, 4) is 0 Å². The monoisotopic (exact) mass is 128 g/mol. The lowest BCUT2D eigenvalue weighted by Crippen LogP contribution is -1.76. The molecule has 4 heteroatoms. The highest BCUT2D eigenvalue weighted by Crippen LogP contribution is 1.95. The molecule has 1 heterocycles. The number of hydrogen-bond donors (Lipinski definition) is 1. The second-order valence-electron chi connectivity index (χ2n) is 1.16. The Morgan fingerprint density at radius 1 is 1.88 bits per heavy atom. The second-order valence-corrected chi connectivity index (χ2v) is 1.88. The van der Waals surface area contributed by atoms with Gasteiger partial charge in [0, 0.05) is 5.38 Å². The molecule has 1 aromatic heterocycles. The Balaban J connectivity index is 2.77. The summed E-state index contributed by atoms with van der Waals surface area (Å²) in [6, 6.07) is 0. The molecule has 8 heavy (non-hydrogen) atoms. The Labute approximate surface area is 50.3 Å². The summed E-state index contributed by atoms with van der Waals surface area (Å²) >= 11 is 1.47. The molecule has 1 rings (SSSR count). The fourth-order valence-corrected chi connectivity index (χ4v) is 0.849. The fraction of sp³-hybridized carbons (Fsp3) is 0. The highest BCUT2D eigenvalue weighted by atomic mass is 32.1. The summed E-state index contributed by atoms with van der Waals surface area (Å²) in [5.74, 6) is 0. The van der Waals surface area contributed by atoms with Gasteiger partial charge in [-0.05, 0) is 0 Å². The lowest BCUT2D eigenvalue weighted by atomic mass is 10.6. The smallest absolute Gasteiger partial charge is 0.0955 e. The van der Waals surface area contributed by atoms with Crippen LogP contribution in [0.15, 0.2) is 16.0 Å². The van der Waals surface area contributed by atoms with Gasteiger partial charge in [0.2, 0.25) is 0 Å². The van der Waals surface area contributed by atoms with Crippen LogP contribution in [0.1, 0.15) is 5.69 Å². The van der Waals surface area contributed by atoms with Gasteiger partial charge in [0.1, 0.15) is 0 Å². The normalized spacial score (nSPS) is 10.5. The lowest BCUT2D eigenvalue weighted by Gasteiger charge is -1.72. The van der Waals surface area contributed by atoms with Crippen LogP contribution in [-0.4, -0.2) is 16.4 Å². The molecule has 42 valence electrons. The highest BCUT2D eigenvalue weighted by molar-refractivity contribution is 7.07. The van der Waals surface area contributed by atoms with E-state index in [-0.39, 0.29) is 0 Å². The summed E-state index contributed by atoms with van der Waals surface area (Å²) in [5, 5.41) is 12.6. The lowest BCUT2D eigenvalue weighted by molar-refractivity contribution is 0.321. The predicted octanol–water partition coefficient (Wildman–Crippen LogP) is 0.951. The summed E-state index contributed by atoms with van der Waals surface area (Å²) in [6.07, 6.45) is 1.29. The van der Waals surface area contributed by atoms with Crippen LogP contribution < -0.4 is 0 Å². The van der Waals surface area contributed by atoms with E-state index < -0.39 is 0 Å². The summed E-state index contributed by atoms with van der Waals surface area (Å²) in [5.41, 5.74) is 2.37. The van der Waals surface area contributed by atoms with Crippen molar-refractivity contribution in [2.75, 3.05) is 0 Å². The maximum atomic E-state index is 7.97. The molecule has 0 saturated carbocycles. The molecular weight excluding hydrogens is 124 g/mol. The molecule has 0 aliphatic carbocycles. The molecule has 0 saturated heterocycles. The molecule has 0 spiro atoms. The van der Waals surface area contributed by atoms with Crippen LogP contribution in [0, 0.1) is 0 Å². The zero-order chi connectivity index (χ0) is 5.82. The maximum Gasteiger partial charge on any atom is 0.0955 e. The van der Waals surface area contributed by atoms with Crippen LogP contribution in [-0.2, 0) is 0 Å². The van der Waals surface area contributed by atoms with E-state index >= 15 is 0 Å². The van der Waals surface area contributed by atoms with Crippen LogP contribution in [0.25, 0.3) is 0 Å². The van der Waals surface area contributed by atoms with Crippen LogP contribution >= 0.6 is 11.3 Å². The Kier molecular flexibility index (Phi) is 1.58. The van der Waals surface area contributed by atoms with E-state index in [1.807, 2.05) is 0 Å². The van der Waals surface area contributed by atoms with Gasteiger partial charge in [-0.15, -0.1) is 11.3 Å². The van der Waals surface area contributed by atoms with E-state index in [4.69, 9.17) is 5.21 Å². The number of rotatable bonds is 1. The molecule has 3 nitrogen and oxygen atoms in total. The van der Waals surface area contributed by atoms with Gasteiger partial charge in [0.05, 0.1) is 17.4 Å². The minimum atomic E-state index is 0.692. The van der Waals surface area contributed by atoms with Crippen molar-refractivity contribution >= 4 is 17.6 Å². The van der Waals surface area contributed by atoms with Crippen LogP contribution in [0.2, 0.25) is 0 Å². The largest absolute Gasteiger partial charge is 0.411 e. The summed E-state index contributed by atoms with van der Waals surface area (Å²) in [4.78, 5) is 3.82. The van der Waals surface area contributed by atoms with Gasteiger partial charge < -0.3 is 5.21 Å². The maximum absolute atomic E-state index is 7.97. The minimum Gasteiger partial charge on any atom is -0.411 e. The SMILES string of the molecule is ON=Cc1cscn1. The first-order valence-corrected chi connectivity index (χ1v) is 2.93. The molecule has 0 amide bonds. The zero-order valence-electron chi connectivity index (χ0n) is 3.98. The summed E-state index contributed by atoms with van der Waals surface area (Å²) in [6.45, 7) is 0. The Morgan fingerprint density at radius 2 is 2.75 bits per heavy atom. The number of aromatic nitrogens is 1. The first-order valence-electron chi connectivity index (χ1n) is 1.99. The van der Waals surface area contributed by atoms with Crippen molar-refractivity contribution in [3.63, 3.8) is 0 Å². The summed E-state index contributed by atoms with van der Waals surface area (Å²) in [7, 11) is 0. The van der Waals surface area contributed by atoms with Gasteiger partial charge >= 0.3 is 0 Å². The van der Waals surface area contributed by atoms with E-state index in [0.29, 0.717) is 5.69 Å². The van der Waals surface area contributed by atoms with Crippen molar-refractivity contribution in [2.45, 2.75) is 0 Å². The van der Waals surface area contributed by atoms with Gasteiger partial charge in [-0.2, -0.15) is 0 Å². The first-order chi connectivity index (χ1) is 3.93. The topological polar surface area (TPSA) is 45.5 Å². The van der Waals surface area contributed by atoms with Gasteiger partial charge in [-0.1, -0.05) is 5.16 Å². The highest BCUT2D eigenvalue weighted by Gasteiger charge is 1.84. The number of oxime groups is 1. The third-order valence-electron chi connectivity index (χ3n) is 0.641. The third-order valence-corrected chi connectivity index (χ3v) is 1.25. The molecule has 1 N–H and O–H groups in total. The average Bonchev–Trinajstić information content (AvgIpc) is 2.19. The van der Waals surface area contributed by atoms with Crippen LogP contribution in [0.5, 0.6) is 0 Å². The van der Waals surface area contributed by atoms with Crippen molar-refractivity contribution in [1.82, 2.24) is 4.98 Å².